The molecule has 3 N–H and O–H groups in total. The smallest absolute Gasteiger partial charge is 0.374 e. The van der Waals surface area contributed by atoms with E-state index in [1.807, 2.05) is 48.5 Å². The lowest BCUT2D eigenvalue weighted by Crippen LogP contribution is -2.34. The van der Waals surface area contributed by atoms with Crippen molar-refractivity contribution in [2.75, 3.05) is 63.0 Å². The molecule has 0 saturated carbocycles. The van der Waals surface area contributed by atoms with Crippen LogP contribution in [0.5, 0.6) is 0 Å². The lowest BCUT2D eigenvalue weighted by atomic mass is 10.1. The van der Waals surface area contributed by atoms with E-state index in [0.717, 1.165) is 20.4 Å². The number of fused-ring (bicyclic) bond motifs is 2. The number of halogens is 3. The van der Waals surface area contributed by atoms with Crippen LogP contribution in [0.4, 0.5) is 50.1 Å². The van der Waals surface area contributed by atoms with Gasteiger partial charge in [-0.2, -0.15) is 13.2 Å². The molecule has 0 radical (unpaired) electrons. The van der Waals surface area contributed by atoms with E-state index in [9.17, 15) is 43.0 Å². The number of nitro groups is 2. The number of alkyl halides is 3. The molecule has 23 heteroatoms. The van der Waals surface area contributed by atoms with Crippen molar-refractivity contribution in [3.05, 3.63) is 98.6 Å². The number of rotatable bonds is 9. The summed E-state index contributed by atoms with van der Waals surface area (Å²) in [5.74, 6) is 0. The van der Waals surface area contributed by atoms with Crippen LogP contribution in [0.1, 0.15) is 33.3 Å². The van der Waals surface area contributed by atoms with E-state index in [2.05, 4.69) is 57.3 Å². The molecule has 0 aliphatic carbocycles. The molecule has 2 heterocycles. The highest BCUT2D eigenvalue weighted by Gasteiger charge is 2.39. The minimum Gasteiger partial charge on any atom is -0.374 e. The number of aromatic nitrogens is 2. The van der Waals surface area contributed by atoms with Gasteiger partial charge >= 0.3 is 18.2 Å². The Labute approximate surface area is 364 Å². The first kappa shape index (κ1) is 52.4. The van der Waals surface area contributed by atoms with Crippen LogP contribution in [0.25, 0.3) is 20.4 Å². The number of carbonyl (C=O) groups excluding carboxylic acids is 2. The monoisotopic (exact) mass is 912 g/mol. The van der Waals surface area contributed by atoms with Gasteiger partial charge in [-0.05, 0) is 37.6 Å². The van der Waals surface area contributed by atoms with Crippen molar-refractivity contribution >= 4 is 112 Å². The molecule has 5 rings (SSSR count). The number of hydrogen-bond acceptors (Lipinski definition) is 12. The number of thiol groups is 1. The fourth-order valence-electron chi connectivity index (χ4n) is 4.75. The molecule has 0 unspecified atom stereocenters. The maximum absolute atomic E-state index is 12.9. The summed E-state index contributed by atoms with van der Waals surface area (Å²) in [6, 6.07) is 16.0. The summed E-state index contributed by atoms with van der Waals surface area (Å²) in [7, 11) is 8.35. The number of urea groups is 2. The van der Waals surface area contributed by atoms with Crippen LogP contribution >= 0.6 is 47.5 Å². The minimum absolute atomic E-state index is 0. The van der Waals surface area contributed by atoms with E-state index in [4.69, 9.17) is 0 Å². The second-order valence-corrected chi connectivity index (χ2v) is 15.1. The first-order valence-electron chi connectivity index (χ1n) is 17.2. The van der Waals surface area contributed by atoms with Crippen molar-refractivity contribution < 1.29 is 32.6 Å². The van der Waals surface area contributed by atoms with Gasteiger partial charge in [-0.3, -0.25) is 30.0 Å². The van der Waals surface area contributed by atoms with E-state index in [0.29, 0.717) is 38.7 Å². The number of thiazole rings is 2. The number of para-hydroxylation sites is 2. The summed E-state index contributed by atoms with van der Waals surface area (Å²) >= 11 is 11.2. The zero-order valence-corrected chi connectivity index (χ0v) is 36.3. The molecule has 16 nitrogen and oxygen atoms in total. The van der Waals surface area contributed by atoms with Crippen LogP contribution in [-0.4, -0.2) is 84.5 Å². The van der Waals surface area contributed by atoms with Crippen LogP contribution in [-0.2, 0) is 6.18 Å². The summed E-state index contributed by atoms with van der Waals surface area (Å²) in [5, 5.41) is 31.6. The zero-order valence-electron chi connectivity index (χ0n) is 33.0. The van der Waals surface area contributed by atoms with Crippen LogP contribution < -0.4 is 30.7 Å². The molecule has 2 aromatic heterocycles. The lowest BCUT2D eigenvalue weighted by Gasteiger charge is -2.24. The second kappa shape index (κ2) is 24.4. The molecule has 5 aromatic rings. The van der Waals surface area contributed by atoms with Gasteiger partial charge in [0.1, 0.15) is 4.32 Å². The van der Waals surface area contributed by atoms with Gasteiger partial charge in [0.05, 0.1) is 35.8 Å². The fraction of sp³-hybridized carbons (Fsp3) is 0.324. The molecular weight excluding hydrogens is 866 g/mol. The molecule has 3 aromatic carbocycles. The van der Waals surface area contributed by atoms with Gasteiger partial charge in [0.2, 0.25) is 0 Å². The highest BCUT2D eigenvalue weighted by molar-refractivity contribution is 8.11. The number of anilines is 3. The molecule has 0 aliphatic heterocycles. The Hall–Kier alpha value is -5.65. The summed E-state index contributed by atoms with van der Waals surface area (Å²) in [6.07, 6.45) is -4.44. The number of nitrogens with one attached hydrogen (secondary N) is 3. The lowest BCUT2D eigenvalue weighted by molar-refractivity contribution is -0.393. The van der Waals surface area contributed by atoms with Crippen molar-refractivity contribution in [3.8, 4) is 0 Å². The van der Waals surface area contributed by atoms with E-state index in [1.54, 1.807) is 49.1 Å². The van der Waals surface area contributed by atoms with Gasteiger partial charge in [0.15, 0.2) is 16.0 Å². The molecule has 0 fully saturated rings. The Morgan fingerprint density at radius 2 is 1.23 bits per heavy atom. The molecule has 0 atom stereocenters. The molecule has 0 aliphatic rings. The summed E-state index contributed by atoms with van der Waals surface area (Å²) in [5.41, 5.74) is -1.37. The predicted molar refractivity (Wildman–Crippen MR) is 244 cm³/mol. The number of carbonyl (C=O) groups is 2. The molecular formula is C37H47F3N10O6S4. The van der Waals surface area contributed by atoms with E-state index < -0.39 is 38.6 Å². The molecule has 0 saturated heterocycles. The van der Waals surface area contributed by atoms with Gasteiger partial charge in [-0.25, -0.2) is 19.6 Å². The van der Waals surface area contributed by atoms with Crippen LogP contribution in [0, 0.1) is 20.2 Å². The van der Waals surface area contributed by atoms with Gasteiger partial charge in [0, 0.05) is 60.5 Å². The predicted octanol–water partition coefficient (Wildman–Crippen LogP) is 9.51. The summed E-state index contributed by atoms with van der Waals surface area (Å²) in [4.78, 5) is 56.2. The Morgan fingerprint density at radius 3 is 1.52 bits per heavy atom. The van der Waals surface area contributed by atoms with Gasteiger partial charge in [-0.1, -0.05) is 85.7 Å². The number of nitrogens with zero attached hydrogens (tertiary/aromatic N) is 7. The standard InChI is InChI=1S/C14H16F3N3O4.2C10H11N3OS.C2H5NS2.CH4/c1-4-5-18(8-9(2)3)13-11(19(21)22)6-10(14(15,16)17)7-12(13)20(23)24;2*1-11-9(14)13(2)10-12-7-5-3-4-6-8(7)15-10;1-3-2(4)5;/h6-7H,2,4-5,8H2,1,3H3;2*3-6H,1-2H3,(H,11,14);1H3,(H2,3,4,5);1H4. The average Bonchev–Trinajstić information content (AvgIpc) is 3.84. The quantitative estimate of drug-likeness (QED) is 0.0362. The van der Waals surface area contributed by atoms with Crippen molar-refractivity contribution in [1.82, 2.24) is 25.9 Å². The number of amides is 4. The van der Waals surface area contributed by atoms with E-state index >= 15 is 0 Å². The second-order valence-electron chi connectivity index (χ2n) is 12.0. The fourth-order valence-corrected chi connectivity index (χ4v) is 6.60. The first-order valence-corrected chi connectivity index (χ1v) is 19.6. The Balaban J connectivity index is 0.000000435. The van der Waals surface area contributed by atoms with Crippen molar-refractivity contribution in [1.29, 1.82) is 0 Å². The highest BCUT2D eigenvalue weighted by Crippen LogP contribution is 2.43. The third-order valence-corrected chi connectivity index (χ3v) is 10.1. The molecule has 326 valence electrons. The third-order valence-electron chi connectivity index (χ3n) is 7.45. The van der Waals surface area contributed by atoms with Crippen molar-refractivity contribution in [2.24, 2.45) is 0 Å². The summed E-state index contributed by atoms with van der Waals surface area (Å²) in [6.45, 7) is 7.26. The van der Waals surface area contributed by atoms with Gasteiger partial charge in [-0.15, -0.1) is 12.6 Å². The number of thiocarbonyl (C=S) groups is 1. The third kappa shape index (κ3) is 15.2. The molecule has 4 amide bonds. The first-order chi connectivity index (χ1) is 27.7. The normalized spacial score (nSPS) is 10.2. The Kier molecular flexibility index (Phi) is 21.3. The van der Waals surface area contributed by atoms with Crippen LogP contribution in [0.15, 0.2) is 72.8 Å². The topological polar surface area (TPSA) is 192 Å². The Morgan fingerprint density at radius 1 is 0.850 bits per heavy atom. The van der Waals surface area contributed by atoms with Gasteiger partial charge < -0.3 is 20.9 Å². The maximum atomic E-state index is 12.9. The van der Waals surface area contributed by atoms with Crippen LogP contribution in [0.2, 0.25) is 0 Å². The maximum Gasteiger partial charge on any atom is 0.416 e. The van der Waals surface area contributed by atoms with E-state index in [1.165, 1.54) is 37.4 Å². The largest absolute Gasteiger partial charge is 0.416 e. The van der Waals surface area contributed by atoms with Crippen molar-refractivity contribution in [3.63, 3.8) is 0 Å². The zero-order chi connectivity index (χ0) is 44.6. The minimum atomic E-state index is -4.93. The molecule has 0 bridgehead atoms. The number of benzene rings is 3. The molecule has 0 spiro atoms. The van der Waals surface area contributed by atoms with Gasteiger partial charge in [0.25, 0.3) is 11.4 Å². The average molecular weight is 913 g/mol. The summed E-state index contributed by atoms with van der Waals surface area (Å²) < 4.78 is 41.4. The Bertz CT molecular complexity index is 2080. The van der Waals surface area contributed by atoms with Crippen LogP contribution in [0.3, 0.4) is 0 Å². The highest BCUT2D eigenvalue weighted by atomic mass is 32.1. The SMILES string of the molecule is C.C=C(C)CN(CCC)c1c([N+](=O)[O-])cc(C(F)(F)F)cc1[N+](=O)[O-].CNC(=O)N(C)c1nc2ccccc2s1.CNC(=O)N(C)c1nc2ccccc2s1.CNC(=S)S. The number of hydrogen-bond donors (Lipinski definition) is 4. The number of nitro benzene ring substituents is 2. The molecule has 60 heavy (non-hydrogen) atoms. The van der Waals surface area contributed by atoms with E-state index in [-0.39, 0.29) is 32.6 Å². The van der Waals surface area contributed by atoms with Crippen molar-refractivity contribution in [2.45, 2.75) is 33.9 Å².